The molecule has 29 heavy (non-hydrogen) atoms. The number of amides is 2. The standard InChI is InChI=1S/C23H28N2O4/c1-5-20-23(27)25(13-16-6-9-19(28-4)10-7-16)14-17-12-18(8-11-21(17)29-20)24-22(26)15(2)3/h6-12,15,20H,5,13-14H2,1-4H3,(H,24,26). The molecular formula is C23H28N2O4. The van der Waals surface area contributed by atoms with Crippen LogP contribution in [-0.4, -0.2) is 29.9 Å². The third-order valence-corrected chi connectivity index (χ3v) is 4.97. The Kier molecular flexibility index (Phi) is 6.42. The first kappa shape index (κ1) is 20.7. The van der Waals surface area contributed by atoms with E-state index in [0.717, 1.165) is 16.9 Å². The molecule has 3 rings (SSSR count). The van der Waals surface area contributed by atoms with Gasteiger partial charge in [0.15, 0.2) is 6.10 Å². The first-order valence-corrected chi connectivity index (χ1v) is 9.93. The van der Waals surface area contributed by atoms with Gasteiger partial charge in [0.1, 0.15) is 11.5 Å². The van der Waals surface area contributed by atoms with Gasteiger partial charge in [-0.1, -0.05) is 32.9 Å². The van der Waals surface area contributed by atoms with E-state index in [1.807, 2.05) is 63.2 Å². The van der Waals surface area contributed by atoms with Crippen molar-refractivity contribution in [3.05, 3.63) is 53.6 Å². The Morgan fingerprint density at radius 2 is 1.97 bits per heavy atom. The van der Waals surface area contributed by atoms with E-state index in [2.05, 4.69) is 5.32 Å². The molecule has 2 amide bonds. The highest BCUT2D eigenvalue weighted by Crippen LogP contribution is 2.30. The van der Waals surface area contributed by atoms with Crippen molar-refractivity contribution in [2.75, 3.05) is 12.4 Å². The van der Waals surface area contributed by atoms with E-state index in [9.17, 15) is 9.59 Å². The highest BCUT2D eigenvalue weighted by molar-refractivity contribution is 5.92. The minimum Gasteiger partial charge on any atom is -0.497 e. The van der Waals surface area contributed by atoms with Crippen LogP contribution in [0, 0.1) is 5.92 Å². The average molecular weight is 396 g/mol. The molecule has 154 valence electrons. The molecule has 6 nitrogen and oxygen atoms in total. The second-order valence-corrected chi connectivity index (χ2v) is 7.52. The maximum Gasteiger partial charge on any atom is 0.264 e. The summed E-state index contributed by atoms with van der Waals surface area (Å²) < 4.78 is 11.2. The molecule has 0 fully saturated rings. The van der Waals surface area contributed by atoms with Crippen molar-refractivity contribution >= 4 is 17.5 Å². The predicted octanol–water partition coefficient (Wildman–Crippen LogP) is 3.99. The monoisotopic (exact) mass is 396 g/mol. The lowest BCUT2D eigenvalue weighted by Gasteiger charge is -2.23. The molecule has 6 heteroatoms. The second-order valence-electron chi connectivity index (χ2n) is 7.52. The molecule has 1 N–H and O–H groups in total. The number of hydrogen-bond acceptors (Lipinski definition) is 4. The minimum absolute atomic E-state index is 0.0349. The summed E-state index contributed by atoms with van der Waals surface area (Å²) in [5.41, 5.74) is 2.60. The number of hydrogen-bond donors (Lipinski definition) is 1. The second kappa shape index (κ2) is 8.99. The van der Waals surface area contributed by atoms with Crippen LogP contribution in [0.15, 0.2) is 42.5 Å². The van der Waals surface area contributed by atoms with Crippen LogP contribution in [0.3, 0.4) is 0 Å². The van der Waals surface area contributed by atoms with E-state index in [1.165, 1.54) is 0 Å². The molecule has 1 aliphatic rings. The van der Waals surface area contributed by atoms with Crippen molar-refractivity contribution in [2.45, 2.75) is 46.4 Å². The zero-order valence-electron chi connectivity index (χ0n) is 17.4. The fourth-order valence-electron chi connectivity index (χ4n) is 3.22. The smallest absolute Gasteiger partial charge is 0.264 e. The zero-order valence-corrected chi connectivity index (χ0v) is 17.4. The van der Waals surface area contributed by atoms with Crippen molar-refractivity contribution in [3.8, 4) is 11.5 Å². The minimum atomic E-state index is -0.523. The number of anilines is 1. The average Bonchev–Trinajstić information content (AvgIpc) is 2.84. The van der Waals surface area contributed by atoms with Gasteiger partial charge in [0.2, 0.25) is 5.91 Å². The summed E-state index contributed by atoms with van der Waals surface area (Å²) in [6, 6.07) is 13.2. The lowest BCUT2D eigenvalue weighted by molar-refractivity contribution is -0.139. The molecule has 1 atom stereocenters. The van der Waals surface area contributed by atoms with Crippen molar-refractivity contribution < 1.29 is 19.1 Å². The van der Waals surface area contributed by atoms with E-state index in [1.54, 1.807) is 12.0 Å². The van der Waals surface area contributed by atoms with Crippen LogP contribution in [0.2, 0.25) is 0 Å². The lowest BCUT2D eigenvalue weighted by atomic mass is 10.1. The number of carbonyl (C=O) groups is 2. The SMILES string of the molecule is CCC1Oc2ccc(NC(=O)C(C)C)cc2CN(Cc2ccc(OC)cc2)C1=O. The van der Waals surface area contributed by atoms with Crippen molar-refractivity contribution in [2.24, 2.45) is 5.92 Å². The van der Waals surface area contributed by atoms with Gasteiger partial charge in [0, 0.05) is 30.3 Å². The molecule has 0 aromatic heterocycles. The van der Waals surface area contributed by atoms with Gasteiger partial charge in [-0.2, -0.15) is 0 Å². The van der Waals surface area contributed by atoms with Gasteiger partial charge in [0.05, 0.1) is 7.11 Å². The summed E-state index contributed by atoms with van der Waals surface area (Å²) >= 11 is 0. The maximum atomic E-state index is 13.0. The Morgan fingerprint density at radius 3 is 2.59 bits per heavy atom. The predicted molar refractivity (Wildman–Crippen MR) is 112 cm³/mol. The molecule has 1 aliphatic heterocycles. The van der Waals surface area contributed by atoms with Crippen LogP contribution in [0.5, 0.6) is 11.5 Å². The Hall–Kier alpha value is -3.02. The van der Waals surface area contributed by atoms with Crippen LogP contribution in [-0.2, 0) is 22.7 Å². The third kappa shape index (κ3) is 4.88. The molecule has 1 heterocycles. The van der Waals surface area contributed by atoms with Gasteiger partial charge < -0.3 is 19.7 Å². The fraction of sp³-hybridized carbons (Fsp3) is 0.391. The molecule has 0 spiro atoms. The molecule has 0 saturated heterocycles. The maximum absolute atomic E-state index is 13.0. The van der Waals surface area contributed by atoms with E-state index in [4.69, 9.17) is 9.47 Å². The lowest BCUT2D eigenvalue weighted by Crippen LogP contribution is -2.38. The van der Waals surface area contributed by atoms with Gasteiger partial charge in [-0.05, 0) is 42.3 Å². The summed E-state index contributed by atoms with van der Waals surface area (Å²) in [5, 5.41) is 2.91. The van der Waals surface area contributed by atoms with Gasteiger partial charge in [-0.15, -0.1) is 0 Å². The van der Waals surface area contributed by atoms with E-state index in [0.29, 0.717) is 30.9 Å². The Labute approximate surface area is 171 Å². The van der Waals surface area contributed by atoms with Crippen LogP contribution in [0.1, 0.15) is 38.3 Å². The number of nitrogens with one attached hydrogen (secondary N) is 1. The topological polar surface area (TPSA) is 67.9 Å². The normalized spacial score (nSPS) is 16.1. The largest absolute Gasteiger partial charge is 0.497 e. The van der Waals surface area contributed by atoms with Gasteiger partial charge in [0.25, 0.3) is 5.91 Å². The number of methoxy groups -OCH3 is 1. The molecule has 0 bridgehead atoms. The number of ether oxygens (including phenoxy) is 2. The Morgan fingerprint density at radius 1 is 1.24 bits per heavy atom. The number of benzene rings is 2. The van der Waals surface area contributed by atoms with Crippen molar-refractivity contribution in [1.29, 1.82) is 0 Å². The van der Waals surface area contributed by atoms with Gasteiger partial charge >= 0.3 is 0 Å². The number of rotatable bonds is 6. The third-order valence-electron chi connectivity index (χ3n) is 4.97. The highest BCUT2D eigenvalue weighted by Gasteiger charge is 2.30. The zero-order chi connectivity index (χ0) is 21.0. The summed E-state index contributed by atoms with van der Waals surface area (Å²) in [6.45, 7) is 6.54. The number of carbonyl (C=O) groups excluding carboxylic acids is 2. The summed E-state index contributed by atoms with van der Waals surface area (Å²) in [5.74, 6) is 1.28. The Balaban J connectivity index is 1.86. The van der Waals surface area contributed by atoms with Crippen LogP contribution >= 0.6 is 0 Å². The fourth-order valence-corrected chi connectivity index (χ4v) is 3.22. The summed E-state index contributed by atoms with van der Waals surface area (Å²) in [4.78, 5) is 26.9. The van der Waals surface area contributed by atoms with Crippen LogP contribution < -0.4 is 14.8 Å². The first-order valence-electron chi connectivity index (χ1n) is 9.93. The van der Waals surface area contributed by atoms with E-state index < -0.39 is 6.10 Å². The molecular weight excluding hydrogens is 368 g/mol. The van der Waals surface area contributed by atoms with Crippen molar-refractivity contribution in [1.82, 2.24) is 4.90 Å². The number of fused-ring (bicyclic) bond motifs is 1. The van der Waals surface area contributed by atoms with E-state index >= 15 is 0 Å². The summed E-state index contributed by atoms with van der Waals surface area (Å²) in [7, 11) is 1.63. The molecule has 2 aromatic rings. The molecule has 2 aromatic carbocycles. The highest BCUT2D eigenvalue weighted by atomic mass is 16.5. The van der Waals surface area contributed by atoms with E-state index in [-0.39, 0.29) is 17.7 Å². The van der Waals surface area contributed by atoms with Crippen molar-refractivity contribution in [3.63, 3.8) is 0 Å². The van der Waals surface area contributed by atoms with Crippen LogP contribution in [0.4, 0.5) is 5.69 Å². The molecule has 0 saturated carbocycles. The van der Waals surface area contributed by atoms with Gasteiger partial charge in [-0.3, -0.25) is 9.59 Å². The molecule has 1 unspecified atom stereocenters. The van der Waals surface area contributed by atoms with Crippen LogP contribution in [0.25, 0.3) is 0 Å². The molecule has 0 aliphatic carbocycles. The first-order chi connectivity index (χ1) is 13.9. The quantitative estimate of drug-likeness (QED) is 0.802. The van der Waals surface area contributed by atoms with Gasteiger partial charge in [-0.25, -0.2) is 0 Å². The summed E-state index contributed by atoms with van der Waals surface area (Å²) in [6.07, 6.45) is 0.0639. The Bertz CT molecular complexity index is 877. The number of nitrogens with zero attached hydrogens (tertiary/aromatic N) is 1. The molecule has 0 radical (unpaired) electrons.